The molecule has 1 aliphatic heterocycles. The van der Waals surface area contributed by atoms with Crippen LogP contribution >= 0.6 is 0 Å². The molecule has 1 aromatic carbocycles. The number of aromatic nitrogens is 6. The zero-order valence-corrected chi connectivity index (χ0v) is 13.5. The first kappa shape index (κ1) is 15.0. The summed E-state index contributed by atoms with van der Waals surface area (Å²) in [6.07, 6.45) is 3.61. The average molecular weight is 325 g/mol. The molecule has 1 fully saturated rings. The predicted molar refractivity (Wildman–Crippen MR) is 86.3 cm³/mol. The Morgan fingerprint density at radius 2 is 2.25 bits per heavy atom. The van der Waals surface area contributed by atoms with Gasteiger partial charge in [0.25, 0.3) is 0 Å². The highest BCUT2D eigenvalue weighted by Gasteiger charge is 2.25. The number of ether oxygens (including phenoxy) is 1. The maximum Gasteiger partial charge on any atom is 0.204 e. The van der Waals surface area contributed by atoms with Gasteiger partial charge in [-0.1, -0.05) is 12.1 Å². The van der Waals surface area contributed by atoms with Crippen molar-refractivity contribution in [1.29, 1.82) is 0 Å². The van der Waals surface area contributed by atoms with Gasteiger partial charge >= 0.3 is 0 Å². The van der Waals surface area contributed by atoms with Crippen molar-refractivity contribution in [3.63, 3.8) is 0 Å². The molecule has 1 unspecified atom stereocenters. The van der Waals surface area contributed by atoms with E-state index in [1.54, 1.807) is 13.2 Å². The third kappa shape index (κ3) is 3.19. The summed E-state index contributed by atoms with van der Waals surface area (Å²) in [7, 11) is 1.76. The van der Waals surface area contributed by atoms with Crippen molar-refractivity contribution in [2.45, 2.75) is 12.6 Å². The van der Waals surface area contributed by atoms with Crippen LogP contribution in [0.3, 0.4) is 0 Å². The van der Waals surface area contributed by atoms with Crippen LogP contribution < -0.4 is 0 Å². The van der Waals surface area contributed by atoms with Crippen LogP contribution in [-0.4, -0.2) is 54.6 Å². The van der Waals surface area contributed by atoms with E-state index in [0.717, 1.165) is 25.3 Å². The highest BCUT2D eigenvalue weighted by molar-refractivity contribution is 5.35. The molecule has 124 valence electrons. The summed E-state index contributed by atoms with van der Waals surface area (Å²) in [4.78, 5) is 3.82. The zero-order chi connectivity index (χ0) is 16.4. The van der Waals surface area contributed by atoms with Crippen molar-refractivity contribution in [2.24, 2.45) is 7.05 Å². The lowest BCUT2D eigenvalue weighted by atomic mass is 10.1. The van der Waals surface area contributed by atoms with Gasteiger partial charge in [-0.3, -0.25) is 4.90 Å². The SMILES string of the molecule is Cn1nnc(C2CN(Cc3cccc(-n4cccn4)c3)CCO2)n1. The fourth-order valence-corrected chi connectivity index (χ4v) is 2.91. The van der Waals surface area contributed by atoms with E-state index in [4.69, 9.17) is 4.74 Å². The first-order chi connectivity index (χ1) is 11.8. The summed E-state index contributed by atoms with van der Waals surface area (Å²) < 4.78 is 7.66. The second kappa shape index (κ2) is 6.50. The van der Waals surface area contributed by atoms with Crippen LogP contribution in [0.25, 0.3) is 5.69 Å². The average Bonchev–Trinajstić information content (AvgIpc) is 3.27. The van der Waals surface area contributed by atoms with Gasteiger partial charge in [0.15, 0.2) is 0 Å². The van der Waals surface area contributed by atoms with Crippen molar-refractivity contribution >= 4 is 0 Å². The van der Waals surface area contributed by atoms with E-state index >= 15 is 0 Å². The molecule has 0 amide bonds. The van der Waals surface area contributed by atoms with E-state index in [-0.39, 0.29) is 6.10 Å². The molecule has 8 nitrogen and oxygen atoms in total. The number of hydrogen-bond acceptors (Lipinski definition) is 6. The van der Waals surface area contributed by atoms with Crippen molar-refractivity contribution in [3.8, 4) is 5.69 Å². The number of hydrogen-bond donors (Lipinski definition) is 0. The van der Waals surface area contributed by atoms with E-state index in [1.165, 1.54) is 10.4 Å². The van der Waals surface area contributed by atoms with Crippen LogP contribution in [0.5, 0.6) is 0 Å². The van der Waals surface area contributed by atoms with Crippen LogP contribution in [0.1, 0.15) is 17.5 Å². The number of benzene rings is 1. The van der Waals surface area contributed by atoms with E-state index in [1.807, 2.05) is 16.9 Å². The molecule has 0 aliphatic carbocycles. The maximum absolute atomic E-state index is 5.79. The molecule has 3 aromatic rings. The lowest BCUT2D eigenvalue weighted by Gasteiger charge is -2.31. The molecular formula is C16H19N7O. The Morgan fingerprint density at radius 3 is 3.04 bits per heavy atom. The standard InChI is InChI=1S/C16H19N7O/c1-21-19-16(18-20-21)15-12-22(8-9-24-15)11-13-4-2-5-14(10-13)23-7-3-6-17-23/h2-7,10,15H,8-9,11-12H2,1H3. The Balaban J connectivity index is 1.46. The Hall–Kier alpha value is -2.58. The van der Waals surface area contributed by atoms with Crippen molar-refractivity contribution in [1.82, 2.24) is 34.9 Å². The fraction of sp³-hybridized carbons (Fsp3) is 0.375. The number of morpholine rings is 1. The first-order valence-electron chi connectivity index (χ1n) is 7.95. The van der Waals surface area contributed by atoms with Crippen LogP contribution in [0, 0.1) is 0 Å². The minimum atomic E-state index is -0.123. The minimum Gasteiger partial charge on any atom is -0.367 e. The van der Waals surface area contributed by atoms with Gasteiger partial charge in [-0.25, -0.2) is 4.68 Å². The summed E-state index contributed by atoms with van der Waals surface area (Å²) in [5, 5.41) is 16.5. The summed E-state index contributed by atoms with van der Waals surface area (Å²) in [6, 6.07) is 10.3. The first-order valence-corrected chi connectivity index (χ1v) is 7.95. The Morgan fingerprint density at radius 1 is 1.29 bits per heavy atom. The fourth-order valence-electron chi connectivity index (χ4n) is 2.91. The van der Waals surface area contributed by atoms with Gasteiger partial charge in [0, 0.05) is 32.0 Å². The van der Waals surface area contributed by atoms with Crippen LogP contribution in [-0.2, 0) is 18.3 Å². The summed E-state index contributed by atoms with van der Waals surface area (Å²) in [6.45, 7) is 3.18. The molecule has 0 spiro atoms. The normalized spacial score (nSPS) is 18.8. The van der Waals surface area contributed by atoms with Crippen molar-refractivity contribution < 1.29 is 4.74 Å². The molecule has 3 heterocycles. The third-order valence-electron chi connectivity index (χ3n) is 4.05. The number of tetrazole rings is 1. The van der Waals surface area contributed by atoms with Crippen LogP contribution in [0.2, 0.25) is 0 Å². The van der Waals surface area contributed by atoms with Crippen molar-refractivity contribution in [2.75, 3.05) is 19.7 Å². The molecule has 0 N–H and O–H groups in total. The molecule has 1 atom stereocenters. The quantitative estimate of drug-likeness (QED) is 0.712. The van der Waals surface area contributed by atoms with Gasteiger partial charge in [-0.15, -0.1) is 10.2 Å². The van der Waals surface area contributed by atoms with Crippen molar-refractivity contribution in [3.05, 3.63) is 54.1 Å². The van der Waals surface area contributed by atoms with E-state index < -0.39 is 0 Å². The molecule has 0 saturated carbocycles. The molecule has 1 saturated heterocycles. The smallest absolute Gasteiger partial charge is 0.204 e. The lowest BCUT2D eigenvalue weighted by Crippen LogP contribution is -2.38. The highest BCUT2D eigenvalue weighted by atomic mass is 16.5. The largest absolute Gasteiger partial charge is 0.367 e. The number of aryl methyl sites for hydroxylation is 1. The second-order valence-corrected chi connectivity index (χ2v) is 5.85. The molecule has 0 bridgehead atoms. The van der Waals surface area contributed by atoms with Gasteiger partial charge < -0.3 is 4.74 Å². The lowest BCUT2D eigenvalue weighted by molar-refractivity contribution is -0.0373. The van der Waals surface area contributed by atoms with Crippen LogP contribution in [0.4, 0.5) is 0 Å². The van der Waals surface area contributed by atoms with Gasteiger partial charge in [-0.05, 0) is 29.0 Å². The summed E-state index contributed by atoms with van der Waals surface area (Å²) in [5.41, 5.74) is 2.31. The summed E-state index contributed by atoms with van der Waals surface area (Å²) in [5.74, 6) is 0.646. The molecule has 8 heteroatoms. The third-order valence-corrected chi connectivity index (χ3v) is 4.05. The topological polar surface area (TPSA) is 73.9 Å². The maximum atomic E-state index is 5.79. The zero-order valence-electron chi connectivity index (χ0n) is 13.5. The number of rotatable bonds is 4. The molecule has 1 aliphatic rings. The molecule has 24 heavy (non-hydrogen) atoms. The van der Waals surface area contributed by atoms with Gasteiger partial charge in [0.1, 0.15) is 6.10 Å². The molecule has 2 aromatic heterocycles. The molecule has 4 rings (SSSR count). The number of nitrogens with zero attached hydrogens (tertiary/aromatic N) is 7. The highest BCUT2D eigenvalue weighted by Crippen LogP contribution is 2.20. The van der Waals surface area contributed by atoms with E-state index in [0.29, 0.717) is 12.4 Å². The van der Waals surface area contributed by atoms with Crippen LogP contribution in [0.15, 0.2) is 42.7 Å². The Bertz CT molecular complexity index is 798. The molecular weight excluding hydrogens is 306 g/mol. The Kier molecular flexibility index (Phi) is 4.06. The monoisotopic (exact) mass is 325 g/mol. The summed E-state index contributed by atoms with van der Waals surface area (Å²) >= 11 is 0. The van der Waals surface area contributed by atoms with E-state index in [2.05, 4.69) is 49.7 Å². The van der Waals surface area contributed by atoms with Gasteiger partial charge in [-0.2, -0.15) is 9.90 Å². The van der Waals surface area contributed by atoms with E-state index in [9.17, 15) is 0 Å². The molecule has 0 radical (unpaired) electrons. The second-order valence-electron chi connectivity index (χ2n) is 5.85. The predicted octanol–water partition coefficient (Wildman–Crippen LogP) is 0.969. The van der Waals surface area contributed by atoms with Gasteiger partial charge in [0.2, 0.25) is 5.82 Å². The van der Waals surface area contributed by atoms with Gasteiger partial charge in [0.05, 0.1) is 19.3 Å². The Labute approximate surface area is 139 Å². The minimum absolute atomic E-state index is 0.123.